The Labute approximate surface area is 211 Å². The maximum atomic E-state index is 13.2. The van der Waals surface area contributed by atoms with Crippen LogP contribution in [0.4, 0.5) is 28.4 Å². The molecule has 0 aliphatic carbocycles. The highest BCUT2D eigenvalue weighted by Crippen LogP contribution is 2.37. The number of sulfone groups is 1. The molecule has 0 saturated carbocycles. The van der Waals surface area contributed by atoms with E-state index in [9.17, 15) is 8.42 Å². The smallest absolute Gasteiger partial charge is 0.206 e. The van der Waals surface area contributed by atoms with Crippen molar-refractivity contribution < 1.29 is 8.42 Å². The molecule has 0 spiro atoms. The highest BCUT2D eigenvalue weighted by atomic mass is 32.2. The lowest BCUT2D eigenvalue weighted by Gasteiger charge is -2.25. The summed E-state index contributed by atoms with van der Waals surface area (Å²) in [5, 5.41) is 0. The first-order valence-electron chi connectivity index (χ1n) is 11.4. The molecule has 0 atom stereocenters. The number of hydrogen-bond donors (Lipinski definition) is 2. The third kappa shape index (κ3) is 4.54. The summed E-state index contributed by atoms with van der Waals surface area (Å²) in [6.45, 7) is 0. The molecule has 0 aliphatic heterocycles. The van der Waals surface area contributed by atoms with Gasteiger partial charge in [-0.3, -0.25) is 0 Å². The first-order valence-corrected chi connectivity index (χ1v) is 12.9. The predicted octanol–water partition coefficient (Wildman–Crippen LogP) is 6.82. The summed E-state index contributed by atoms with van der Waals surface area (Å²) < 4.78 is 26.4. The molecule has 0 unspecified atom stereocenters. The van der Waals surface area contributed by atoms with E-state index in [0.29, 0.717) is 16.9 Å². The molecular formula is C30H25N3O2S. The summed E-state index contributed by atoms with van der Waals surface area (Å²) in [7, 11) is -3.72. The van der Waals surface area contributed by atoms with Gasteiger partial charge in [0.2, 0.25) is 9.84 Å². The van der Waals surface area contributed by atoms with Gasteiger partial charge in [-0.25, -0.2) is 8.42 Å². The maximum absolute atomic E-state index is 13.2. The van der Waals surface area contributed by atoms with E-state index in [1.54, 1.807) is 24.3 Å². The molecule has 0 radical (unpaired) electrons. The van der Waals surface area contributed by atoms with Gasteiger partial charge in [0.05, 0.1) is 9.79 Å². The van der Waals surface area contributed by atoms with Crippen molar-refractivity contribution in [3.63, 3.8) is 0 Å². The Bertz CT molecular complexity index is 1550. The molecule has 0 aromatic heterocycles. The summed E-state index contributed by atoms with van der Waals surface area (Å²) >= 11 is 0. The Balaban J connectivity index is 1.53. The zero-order valence-corrected chi connectivity index (χ0v) is 20.3. The second-order valence-electron chi connectivity index (χ2n) is 8.37. The van der Waals surface area contributed by atoms with Crippen LogP contribution in [0.15, 0.2) is 137 Å². The summed E-state index contributed by atoms with van der Waals surface area (Å²) in [5.41, 5.74) is 17.5. The van der Waals surface area contributed by atoms with Gasteiger partial charge in [-0.05, 0) is 84.4 Å². The second kappa shape index (κ2) is 9.60. The Kier molecular flexibility index (Phi) is 6.19. The molecule has 5 aromatic carbocycles. The summed E-state index contributed by atoms with van der Waals surface area (Å²) in [6.07, 6.45) is 0. The van der Waals surface area contributed by atoms with E-state index >= 15 is 0 Å². The van der Waals surface area contributed by atoms with Gasteiger partial charge in [-0.2, -0.15) is 0 Å². The molecular weight excluding hydrogens is 466 g/mol. The first kappa shape index (κ1) is 23.2. The van der Waals surface area contributed by atoms with Crippen LogP contribution in [0.5, 0.6) is 0 Å². The van der Waals surface area contributed by atoms with Crippen LogP contribution in [0.3, 0.4) is 0 Å². The van der Waals surface area contributed by atoms with Crippen LogP contribution < -0.4 is 16.4 Å². The van der Waals surface area contributed by atoms with Gasteiger partial charge in [0.15, 0.2) is 0 Å². The van der Waals surface area contributed by atoms with Crippen LogP contribution >= 0.6 is 0 Å². The van der Waals surface area contributed by atoms with E-state index in [4.69, 9.17) is 11.5 Å². The molecule has 6 heteroatoms. The van der Waals surface area contributed by atoms with Crippen LogP contribution in [0.2, 0.25) is 0 Å². The Morgan fingerprint density at radius 1 is 0.528 bits per heavy atom. The molecule has 0 fully saturated rings. The summed E-state index contributed by atoms with van der Waals surface area (Å²) in [4.78, 5) is 2.52. The van der Waals surface area contributed by atoms with Crippen molar-refractivity contribution >= 4 is 38.3 Å². The van der Waals surface area contributed by atoms with Crippen molar-refractivity contribution in [1.82, 2.24) is 0 Å². The van der Waals surface area contributed by atoms with Crippen LogP contribution in [0.1, 0.15) is 0 Å². The van der Waals surface area contributed by atoms with Crippen molar-refractivity contribution in [2.45, 2.75) is 9.79 Å². The zero-order valence-electron chi connectivity index (χ0n) is 19.5. The normalized spacial score (nSPS) is 11.2. The zero-order chi connectivity index (χ0) is 25.1. The van der Waals surface area contributed by atoms with Gasteiger partial charge in [0.25, 0.3) is 0 Å². The van der Waals surface area contributed by atoms with Gasteiger partial charge in [0, 0.05) is 34.0 Å². The molecule has 36 heavy (non-hydrogen) atoms. The second-order valence-corrected chi connectivity index (χ2v) is 10.3. The van der Waals surface area contributed by atoms with E-state index in [2.05, 4.69) is 29.2 Å². The number of hydrogen-bond acceptors (Lipinski definition) is 5. The van der Waals surface area contributed by atoms with Crippen LogP contribution in [0, 0.1) is 0 Å². The van der Waals surface area contributed by atoms with Crippen molar-refractivity contribution in [2.75, 3.05) is 16.4 Å². The average molecular weight is 492 g/mol. The third-order valence-corrected chi connectivity index (χ3v) is 7.76. The lowest BCUT2D eigenvalue weighted by atomic mass is 10.0. The number of nitrogen functional groups attached to an aromatic ring is 2. The van der Waals surface area contributed by atoms with Gasteiger partial charge >= 0.3 is 0 Å². The van der Waals surface area contributed by atoms with E-state index in [1.165, 1.54) is 18.2 Å². The van der Waals surface area contributed by atoms with Gasteiger partial charge in [0.1, 0.15) is 0 Å². The number of benzene rings is 5. The average Bonchev–Trinajstić information content (AvgIpc) is 2.91. The summed E-state index contributed by atoms with van der Waals surface area (Å²) in [5.74, 6) is 0. The van der Waals surface area contributed by atoms with E-state index < -0.39 is 9.84 Å². The fourth-order valence-corrected chi connectivity index (χ4v) is 5.41. The Hall–Kier alpha value is -4.55. The number of anilines is 5. The van der Waals surface area contributed by atoms with E-state index in [-0.39, 0.29) is 9.79 Å². The molecule has 0 saturated heterocycles. The molecule has 5 aromatic rings. The van der Waals surface area contributed by atoms with Crippen LogP contribution in [0.25, 0.3) is 11.1 Å². The van der Waals surface area contributed by atoms with E-state index in [1.807, 2.05) is 60.7 Å². The number of rotatable bonds is 6. The molecule has 0 amide bonds. The highest BCUT2D eigenvalue weighted by molar-refractivity contribution is 7.91. The lowest BCUT2D eigenvalue weighted by molar-refractivity contribution is 0.596. The first-order chi connectivity index (χ1) is 17.4. The maximum Gasteiger partial charge on any atom is 0.206 e. The number of para-hydroxylation sites is 2. The Morgan fingerprint density at radius 3 is 1.58 bits per heavy atom. The number of nitrogens with two attached hydrogens (primary N) is 2. The largest absolute Gasteiger partial charge is 0.399 e. The fraction of sp³-hybridized carbons (Fsp3) is 0. The third-order valence-electron chi connectivity index (χ3n) is 5.99. The van der Waals surface area contributed by atoms with Gasteiger partial charge in [-0.15, -0.1) is 0 Å². The van der Waals surface area contributed by atoms with Crippen molar-refractivity contribution in [1.29, 1.82) is 0 Å². The minimum Gasteiger partial charge on any atom is -0.399 e. The molecule has 5 rings (SSSR count). The fourth-order valence-electron chi connectivity index (χ4n) is 4.13. The minimum atomic E-state index is -3.72. The predicted molar refractivity (Wildman–Crippen MR) is 147 cm³/mol. The standard InChI is InChI=1S/C30H25N3O2S/c31-23-13-17-27(18-14-23)36(34,35)28-19-20-30(32)29(21-28)22-11-15-26(16-12-22)33(24-7-3-1-4-8-24)25-9-5-2-6-10-25/h1-21H,31-32H2. The quantitative estimate of drug-likeness (QED) is 0.254. The van der Waals surface area contributed by atoms with Gasteiger partial charge < -0.3 is 16.4 Å². The van der Waals surface area contributed by atoms with Crippen molar-refractivity contribution in [3.05, 3.63) is 127 Å². The molecule has 5 nitrogen and oxygen atoms in total. The van der Waals surface area contributed by atoms with Crippen LogP contribution in [-0.2, 0) is 9.84 Å². The molecule has 0 aliphatic rings. The molecule has 0 heterocycles. The minimum absolute atomic E-state index is 0.177. The highest BCUT2D eigenvalue weighted by Gasteiger charge is 2.19. The Morgan fingerprint density at radius 2 is 1.03 bits per heavy atom. The SMILES string of the molecule is Nc1ccc(S(=O)(=O)c2ccc(N)c(-c3ccc(N(c4ccccc4)c4ccccc4)cc3)c2)cc1. The number of nitrogens with zero attached hydrogens (tertiary/aromatic N) is 1. The van der Waals surface area contributed by atoms with Crippen molar-refractivity contribution in [3.8, 4) is 11.1 Å². The topological polar surface area (TPSA) is 89.4 Å². The van der Waals surface area contributed by atoms with E-state index in [0.717, 1.165) is 22.6 Å². The summed E-state index contributed by atoms with van der Waals surface area (Å²) in [6, 6.07) is 39.2. The lowest BCUT2D eigenvalue weighted by Crippen LogP contribution is -2.09. The molecule has 0 bridgehead atoms. The molecule has 4 N–H and O–H groups in total. The molecule has 178 valence electrons. The van der Waals surface area contributed by atoms with Crippen molar-refractivity contribution in [2.24, 2.45) is 0 Å². The monoisotopic (exact) mass is 491 g/mol. The van der Waals surface area contributed by atoms with Crippen LogP contribution in [-0.4, -0.2) is 8.42 Å². The van der Waals surface area contributed by atoms with Gasteiger partial charge in [-0.1, -0.05) is 48.5 Å².